The lowest BCUT2D eigenvalue weighted by Crippen LogP contribution is -2.43. The van der Waals surface area contributed by atoms with E-state index in [4.69, 9.17) is 4.74 Å². The third kappa shape index (κ3) is 3.81. The monoisotopic (exact) mass is 309 g/mol. The van der Waals surface area contributed by atoms with Gasteiger partial charge < -0.3 is 9.64 Å². The molecule has 3 aliphatic heterocycles. The number of likely N-dealkylation sites (tertiary alicyclic amines) is 1. The van der Waals surface area contributed by atoms with Gasteiger partial charge in [0.15, 0.2) is 0 Å². The summed E-state index contributed by atoms with van der Waals surface area (Å²) in [6, 6.07) is 0.647. The fourth-order valence-corrected chi connectivity index (χ4v) is 4.33. The van der Waals surface area contributed by atoms with Crippen LogP contribution in [0.1, 0.15) is 33.1 Å². The van der Waals surface area contributed by atoms with Crippen molar-refractivity contribution in [1.29, 1.82) is 0 Å². The van der Waals surface area contributed by atoms with Crippen molar-refractivity contribution in [2.45, 2.75) is 45.3 Å². The Morgan fingerprint density at radius 2 is 2.00 bits per heavy atom. The molecule has 3 saturated heterocycles. The molecule has 0 aromatic carbocycles. The summed E-state index contributed by atoms with van der Waals surface area (Å²) in [5.41, 5.74) is 0. The zero-order valence-corrected chi connectivity index (χ0v) is 14.2. The third-order valence-corrected chi connectivity index (χ3v) is 5.58. The summed E-state index contributed by atoms with van der Waals surface area (Å²) in [4.78, 5) is 18.8. The van der Waals surface area contributed by atoms with E-state index in [1.807, 2.05) is 4.90 Å². The maximum absolute atomic E-state index is 11.6. The Morgan fingerprint density at radius 3 is 2.73 bits per heavy atom. The fourth-order valence-electron chi connectivity index (χ4n) is 4.33. The van der Waals surface area contributed by atoms with Crippen molar-refractivity contribution in [3.8, 4) is 0 Å². The van der Waals surface area contributed by atoms with E-state index in [9.17, 15) is 4.79 Å². The highest BCUT2D eigenvalue weighted by Gasteiger charge is 2.35. The molecule has 5 heteroatoms. The van der Waals surface area contributed by atoms with Gasteiger partial charge in [0.25, 0.3) is 0 Å². The van der Waals surface area contributed by atoms with Crippen molar-refractivity contribution in [1.82, 2.24) is 14.7 Å². The summed E-state index contributed by atoms with van der Waals surface area (Å²) < 4.78 is 5.79. The van der Waals surface area contributed by atoms with E-state index in [1.54, 1.807) is 6.92 Å². The van der Waals surface area contributed by atoms with Crippen LogP contribution in [0.25, 0.3) is 0 Å². The molecule has 22 heavy (non-hydrogen) atoms. The summed E-state index contributed by atoms with van der Waals surface area (Å²) in [7, 11) is 0. The van der Waals surface area contributed by atoms with Gasteiger partial charge in [0, 0.05) is 65.4 Å². The number of amides is 1. The Morgan fingerprint density at radius 1 is 1.14 bits per heavy atom. The standard InChI is InChI=1S/C17H31N3O2/c1-14-11-18(12-16-5-3-10-22-16)13-17(14)20-7-4-6-19(8-9-20)15(2)21/h14,16-17H,3-13H2,1-2H3. The number of rotatable bonds is 3. The van der Waals surface area contributed by atoms with Gasteiger partial charge in [-0.2, -0.15) is 0 Å². The first-order valence-electron chi connectivity index (χ1n) is 8.97. The molecule has 1 amide bonds. The smallest absolute Gasteiger partial charge is 0.219 e. The molecule has 3 fully saturated rings. The molecule has 0 bridgehead atoms. The van der Waals surface area contributed by atoms with Crippen molar-refractivity contribution in [2.75, 3.05) is 52.4 Å². The highest BCUT2D eigenvalue weighted by atomic mass is 16.5. The van der Waals surface area contributed by atoms with Crippen LogP contribution in [0.15, 0.2) is 0 Å². The number of hydrogen-bond acceptors (Lipinski definition) is 4. The van der Waals surface area contributed by atoms with E-state index in [-0.39, 0.29) is 5.91 Å². The van der Waals surface area contributed by atoms with Gasteiger partial charge in [-0.3, -0.25) is 14.6 Å². The van der Waals surface area contributed by atoms with Crippen LogP contribution < -0.4 is 0 Å². The Kier molecular flexibility index (Phi) is 5.37. The molecule has 0 N–H and O–H groups in total. The molecule has 3 heterocycles. The first-order chi connectivity index (χ1) is 10.6. The van der Waals surface area contributed by atoms with Crippen LogP contribution in [0, 0.1) is 5.92 Å². The summed E-state index contributed by atoms with van der Waals surface area (Å²) in [5, 5.41) is 0. The van der Waals surface area contributed by atoms with Gasteiger partial charge in [-0.25, -0.2) is 0 Å². The highest BCUT2D eigenvalue weighted by Crippen LogP contribution is 2.25. The van der Waals surface area contributed by atoms with Crippen LogP contribution in [0.4, 0.5) is 0 Å². The Labute approximate surface area is 134 Å². The highest BCUT2D eigenvalue weighted by molar-refractivity contribution is 5.73. The van der Waals surface area contributed by atoms with E-state index in [1.165, 1.54) is 25.9 Å². The minimum atomic E-state index is 0.223. The molecule has 3 aliphatic rings. The summed E-state index contributed by atoms with van der Waals surface area (Å²) >= 11 is 0. The quantitative estimate of drug-likeness (QED) is 0.780. The average molecular weight is 309 g/mol. The number of hydrogen-bond donors (Lipinski definition) is 0. The van der Waals surface area contributed by atoms with Gasteiger partial charge in [0.1, 0.15) is 0 Å². The summed E-state index contributed by atoms with van der Waals surface area (Å²) in [6.45, 7) is 12.5. The Bertz CT molecular complexity index is 384. The van der Waals surface area contributed by atoms with Crippen LogP contribution in [0.5, 0.6) is 0 Å². The van der Waals surface area contributed by atoms with Crippen LogP contribution >= 0.6 is 0 Å². The van der Waals surface area contributed by atoms with Gasteiger partial charge in [-0.1, -0.05) is 6.92 Å². The molecule has 3 rings (SSSR count). The predicted octanol–water partition coefficient (Wildman–Crippen LogP) is 1.04. The average Bonchev–Trinajstić information content (AvgIpc) is 3.03. The first-order valence-corrected chi connectivity index (χ1v) is 8.97. The van der Waals surface area contributed by atoms with Gasteiger partial charge in [0.2, 0.25) is 5.91 Å². The second kappa shape index (κ2) is 7.28. The fraction of sp³-hybridized carbons (Fsp3) is 0.941. The van der Waals surface area contributed by atoms with Crippen molar-refractivity contribution in [3.63, 3.8) is 0 Å². The topological polar surface area (TPSA) is 36.0 Å². The number of carbonyl (C=O) groups excluding carboxylic acids is 1. The zero-order valence-electron chi connectivity index (χ0n) is 14.2. The van der Waals surface area contributed by atoms with E-state index < -0.39 is 0 Å². The van der Waals surface area contributed by atoms with E-state index in [2.05, 4.69) is 16.7 Å². The minimum absolute atomic E-state index is 0.223. The third-order valence-electron chi connectivity index (χ3n) is 5.58. The molecule has 0 saturated carbocycles. The molecule has 5 nitrogen and oxygen atoms in total. The second-order valence-corrected chi connectivity index (χ2v) is 7.29. The minimum Gasteiger partial charge on any atom is -0.377 e. The first kappa shape index (κ1) is 16.2. The lowest BCUT2D eigenvalue weighted by Gasteiger charge is -2.30. The van der Waals surface area contributed by atoms with Gasteiger partial charge in [0.05, 0.1) is 6.10 Å². The maximum atomic E-state index is 11.6. The molecule has 3 atom stereocenters. The Balaban J connectivity index is 1.52. The molecule has 0 aliphatic carbocycles. The molecule has 0 spiro atoms. The molecular formula is C17H31N3O2. The molecule has 0 aromatic rings. The molecule has 126 valence electrons. The second-order valence-electron chi connectivity index (χ2n) is 7.29. The van der Waals surface area contributed by atoms with Gasteiger partial charge >= 0.3 is 0 Å². The summed E-state index contributed by atoms with van der Waals surface area (Å²) in [5.74, 6) is 0.937. The van der Waals surface area contributed by atoms with Crippen molar-refractivity contribution in [2.24, 2.45) is 5.92 Å². The lowest BCUT2D eigenvalue weighted by atomic mass is 10.0. The molecule has 3 unspecified atom stereocenters. The SMILES string of the molecule is CC(=O)N1CCCN(C2CN(CC3CCCO3)CC2C)CC1. The normalized spacial score (nSPS) is 35.0. The summed E-state index contributed by atoms with van der Waals surface area (Å²) in [6.07, 6.45) is 4.02. The van der Waals surface area contributed by atoms with Crippen LogP contribution in [-0.4, -0.2) is 85.2 Å². The van der Waals surface area contributed by atoms with E-state index in [0.717, 1.165) is 45.8 Å². The maximum Gasteiger partial charge on any atom is 0.219 e. The molecular weight excluding hydrogens is 278 g/mol. The van der Waals surface area contributed by atoms with Crippen molar-refractivity contribution < 1.29 is 9.53 Å². The predicted molar refractivity (Wildman–Crippen MR) is 86.8 cm³/mol. The lowest BCUT2D eigenvalue weighted by molar-refractivity contribution is -0.128. The van der Waals surface area contributed by atoms with Gasteiger partial charge in [-0.05, 0) is 25.2 Å². The van der Waals surface area contributed by atoms with E-state index in [0.29, 0.717) is 18.1 Å². The van der Waals surface area contributed by atoms with Crippen LogP contribution in [0.2, 0.25) is 0 Å². The van der Waals surface area contributed by atoms with Crippen LogP contribution in [-0.2, 0) is 9.53 Å². The Hall–Kier alpha value is -0.650. The van der Waals surface area contributed by atoms with Crippen LogP contribution in [0.3, 0.4) is 0 Å². The number of nitrogens with zero attached hydrogens (tertiary/aromatic N) is 3. The van der Waals surface area contributed by atoms with Gasteiger partial charge in [-0.15, -0.1) is 0 Å². The molecule has 0 radical (unpaired) electrons. The largest absolute Gasteiger partial charge is 0.377 e. The van der Waals surface area contributed by atoms with E-state index >= 15 is 0 Å². The van der Waals surface area contributed by atoms with Crippen molar-refractivity contribution in [3.05, 3.63) is 0 Å². The van der Waals surface area contributed by atoms with Crippen molar-refractivity contribution >= 4 is 5.91 Å². The zero-order chi connectivity index (χ0) is 15.5. The molecule has 0 aromatic heterocycles. The number of ether oxygens (including phenoxy) is 1. The number of carbonyl (C=O) groups is 1.